The van der Waals surface area contributed by atoms with Gasteiger partial charge in [-0.15, -0.1) is 0 Å². The average Bonchev–Trinajstić information content (AvgIpc) is 2.68. The monoisotopic (exact) mass is 360 g/mol. The van der Waals surface area contributed by atoms with Gasteiger partial charge < -0.3 is 19.4 Å². The van der Waals surface area contributed by atoms with Crippen LogP contribution in [0.3, 0.4) is 0 Å². The molecule has 0 N–H and O–H groups in total. The number of aromatic nitrogens is 1. The van der Waals surface area contributed by atoms with E-state index in [4.69, 9.17) is 4.74 Å². The van der Waals surface area contributed by atoms with Crippen LogP contribution in [0.4, 0.5) is 5.69 Å². The Hall–Kier alpha value is -1.66. The lowest BCUT2D eigenvalue weighted by molar-refractivity contribution is 0.0660. The van der Waals surface area contributed by atoms with E-state index in [1.807, 2.05) is 17.0 Å². The first-order chi connectivity index (χ1) is 12.5. The first kappa shape index (κ1) is 19.1. The molecular formula is C20H32N4O2. The van der Waals surface area contributed by atoms with Gasteiger partial charge in [0, 0.05) is 50.6 Å². The van der Waals surface area contributed by atoms with Crippen molar-refractivity contribution in [2.75, 3.05) is 57.9 Å². The maximum Gasteiger partial charge on any atom is 0.272 e. The molecular weight excluding hydrogens is 328 g/mol. The predicted molar refractivity (Wildman–Crippen MR) is 104 cm³/mol. The zero-order valence-electron chi connectivity index (χ0n) is 16.4. The van der Waals surface area contributed by atoms with Gasteiger partial charge in [-0.2, -0.15) is 0 Å². The van der Waals surface area contributed by atoms with Crippen molar-refractivity contribution in [1.29, 1.82) is 0 Å². The zero-order chi connectivity index (χ0) is 18.5. The van der Waals surface area contributed by atoms with Gasteiger partial charge >= 0.3 is 0 Å². The summed E-state index contributed by atoms with van der Waals surface area (Å²) < 4.78 is 5.41. The van der Waals surface area contributed by atoms with Crippen LogP contribution in [0.25, 0.3) is 0 Å². The van der Waals surface area contributed by atoms with Gasteiger partial charge in [-0.1, -0.05) is 0 Å². The Morgan fingerprint density at radius 3 is 2.62 bits per heavy atom. The quantitative estimate of drug-likeness (QED) is 0.805. The molecule has 1 aromatic heterocycles. The normalized spacial score (nSPS) is 19.4. The average molecular weight is 361 g/mol. The second-order valence-electron chi connectivity index (χ2n) is 7.77. The largest absolute Gasteiger partial charge is 0.378 e. The minimum Gasteiger partial charge on any atom is -0.378 e. The second-order valence-corrected chi connectivity index (χ2v) is 7.77. The minimum absolute atomic E-state index is 0.0655. The van der Waals surface area contributed by atoms with E-state index in [2.05, 4.69) is 35.7 Å². The molecule has 0 unspecified atom stereocenters. The van der Waals surface area contributed by atoms with Crippen LogP contribution in [-0.4, -0.2) is 79.7 Å². The van der Waals surface area contributed by atoms with E-state index in [1.165, 1.54) is 0 Å². The number of nitrogens with zero attached hydrogens (tertiary/aromatic N) is 4. The summed E-state index contributed by atoms with van der Waals surface area (Å²) in [6.45, 7) is 10.5. The highest BCUT2D eigenvalue weighted by Gasteiger charge is 2.26. The molecule has 6 nitrogen and oxygen atoms in total. The first-order valence-electron chi connectivity index (χ1n) is 9.83. The number of carbonyl (C=O) groups excluding carboxylic acids is 1. The molecule has 0 aromatic carbocycles. The van der Waals surface area contributed by atoms with Crippen molar-refractivity contribution >= 4 is 11.6 Å². The minimum atomic E-state index is 0.0655. The molecule has 2 saturated heterocycles. The first-order valence-corrected chi connectivity index (χ1v) is 9.83. The molecule has 1 aromatic rings. The van der Waals surface area contributed by atoms with Crippen molar-refractivity contribution in [3.63, 3.8) is 0 Å². The summed E-state index contributed by atoms with van der Waals surface area (Å²) >= 11 is 0. The smallest absolute Gasteiger partial charge is 0.272 e. The van der Waals surface area contributed by atoms with Gasteiger partial charge in [-0.25, -0.2) is 0 Å². The highest BCUT2D eigenvalue weighted by atomic mass is 16.5. The van der Waals surface area contributed by atoms with Gasteiger partial charge in [0.05, 0.1) is 13.2 Å². The molecule has 0 bridgehead atoms. The fourth-order valence-electron chi connectivity index (χ4n) is 3.65. The summed E-state index contributed by atoms with van der Waals surface area (Å²) in [6.07, 6.45) is 3.90. The Morgan fingerprint density at radius 1 is 1.27 bits per heavy atom. The number of hydrogen-bond acceptors (Lipinski definition) is 5. The summed E-state index contributed by atoms with van der Waals surface area (Å²) in [5, 5.41) is 0. The van der Waals surface area contributed by atoms with Crippen LogP contribution < -0.4 is 4.90 Å². The van der Waals surface area contributed by atoms with Crippen LogP contribution in [-0.2, 0) is 4.74 Å². The number of carbonyl (C=O) groups is 1. The third-order valence-electron chi connectivity index (χ3n) is 5.67. The zero-order valence-corrected chi connectivity index (χ0v) is 16.4. The lowest BCUT2D eigenvalue weighted by Crippen LogP contribution is -2.42. The number of hydrogen-bond donors (Lipinski definition) is 0. The van der Waals surface area contributed by atoms with Crippen molar-refractivity contribution in [2.24, 2.45) is 5.92 Å². The van der Waals surface area contributed by atoms with E-state index in [0.29, 0.717) is 17.7 Å². The number of piperidine rings is 1. The van der Waals surface area contributed by atoms with E-state index in [-0.39, 0.29) is 5.91 Å². The van der Waals surface area contributed by atoms with Gasteiger partial charge in [0.1, 0.15) is 5.69 Å². The third-order valence-corrected chi connectivity index (χ3v) is 5.67. The number of morpholine rings is 1. The van der Waals surface area contributed by atoms with Crippen LogP contribution in [0.15, 0.2) is 18.3 Å². The number of rotatable bonds is 5. The summed E-state index contributed by atoms with van der Waals surface area (Å²) in [5.41, 5.74) is 1.63. The Kier molecular flexibility index (Phi) is 6.48. The van der Waals surface area contributed by atoms with E-state index in [0.717, 1.165) is 64.5 Å². The van der Waals surface area contributed by atoms with E-state index in [1.54, 1.807) is 6.20 Å². The van der Waals surface area contributed by atoms with Crippen LogP contribution in [0, 0.1) is 5.92 Å². The van der Waals surface area contributed by atoms with Gasteiger partial charge in [-0.05, 0) is 51.8 Å². The Labute approximate surface area is 157 Å². The molecule has 0 radical (unpaired) electrons. The standard InChI is InChI=1S/C20H32N4O2/c1-16(2)22(3)15-17-5-8-24(9-6-17)20(25)19-14-18(4-7-21-19)23-10-12-26-13-11-23/h4,7,14,16-17H,5-6,8-13,15H2,1-3H3. The molecule has 0 aliphatic carbocycles. The van der Waals surface area contributed by atoms with Crippen molar-refractivity contribution in [3.8, 4) is 0 Å². The predicted octanol–water partition coefficient (Wildman–Crippen LogP) is 2.11. The topological polar surface area (TPSA) is 48.9 Å². The number of anilines is 1. The van der Waals surface area contributed by atoms with Gasteiger partial charge in [0.15, 0.2) is 0 Å². The molecule has 0 spiro atoms. The Balaban J connectivity index is 1.57. The van der Waals surface area contributed by atoms with Crippen LogP contribution in [0.5, 0.6) is 0 Å². The van der Waals surface area contributed by atoms with Gasteiger partial charge in [0.2, 0.25) is 0 Å². The number of likely N-dealkylation sites (tertiary alicyclic amines) is 1. The van der Waals surface area contributed by atoms with Crippen molar-refractivity contribution in [1.82, 2.24) is 14.8 Å². The molecule has 2 aliphatic rings. The van der Waals surface area contributed by atoms with Crippen LogP contribution >= 0.6 is 0 Å². The molecule has 2 aliphatic heterocycles. The highest BCUT2D eigenvalue weighted by Crippen LogP contribution is 2.22. The molecule has 26 heavy (non-hydrogen) atoms. The molecule has 3 rings (SSSR count). The molecule has 0 saturated carbocycles. The van der Waals surface area contributed by atoms with Crippen molar-refractivity contribution in [2.45, 2.75) is 32.7 Å². The Morgan fingerprint density at radius 2 is 1.96 bits per heavy atom. The third kappa shape index (κ3) is 4.74. The van der Waals surface area contributed by atoms with Crippen molar-refractivity contribution in [3.05, 3.63) is 24.0 Å². The summed E-state index contributed by atoms with van der Waals surface area (Å²) in [4.78, 5) is 23.9. The van der Waals surface area contributed by atoms with E-state index < -0.39 is 0 Å². The number of amides is 1. The van der Waals surface area contributed by atoms with E-state index in [9.17, 15) is 4.79 Å². The Bertz CT molecular complexity index is 593. The van der Waals surface area contributed by atoms with Crippen LogP contribution in [0.1, 0.15) is 37.2 Å². The molecule has 144 valence electrons. The van der Waals surface area contributed by atoms with Crippen LogP contribution in [0.2, 0.25) is 0 Å². The van der Waals surface area contributed by atoms with E-state index >= 15 is 0 Å². The van der Waals surface area contributed by atoms with Gasteiger partial charge in [-0.3, -0.25) is 9.78 Å². The molecule has 1 amide bonds. The summed E-state index contributed by atoms with van der Waals surface area (Å²) in [5.74, 6) is 0.745. The summed E-state index contributed by atoms with van der Waals surface area (Å²) in [6, 6.07) is 4.49. The maximum atomic E-state index is 12.9. The number of pyridine rings is 1. The van der Waals surface area contributed by atoms with Crippen molar-refractivity contribution < 1.29 is 9.53 Å². The SMILES string of the molecule is CC(C)N(C)CC1CCN(C(=O)c2cc(N3CCOCC3)ccn2)CC1. The lowest BCUT2D eigenvalue weighted by Gasteiger charge is -2.35. The number of ether oxygens (including phenoxy) is 1. The molecule has 6 heteroatoms. The molecule has 0 atom stereocenters. The highest BCUT2D eigenvalue weighted by molar-refractivity contribution is 5.93. The lowest BCUT2D eigenvalue weighted by atomic mass is 9.95. The fraction of sp³-hybridized carbons (Fsp3) is 0.700. The maximum absolute atomic E-state index is 12.9. The second kappa shape index (κ2) is 8.82. The molecule has 3 heterocycles. The molecule has 2 fully saturated rings. The van der Waals surface area contributed by atoms with Gasteiger partial charge in [0.25, 0.3) is 5.91 Å². The summed E-state index contributed by atoms with van der Waals surface area (Å²) in [7, 11) is 2.18. The fourth-order valence-corrected chi connectivity index (χ4v) is 3.65.